The van der Waals surface area contributed by atoms with Crippen molar-refractivity contribution in [2.75, 3.05) is 5.73 Å². The molecule has 2 aromatic heterocycles. The van der Waals surface area contributed by atoms with E-state index in [1.165, 1.54) is 0 Å². The Morgan fingerprint density at radius 3 is 3.05 bits per heavy atom. The summed E-state index contributed by atoms with van der Waals surface area (Å²) in [4.78, 5) is 24.8. The van der Waals surface area contributed by atoms with E-state index < -0.39 is 0 Å². The third-order valence-corrected chi connectivity index (χ3v) is 3.92. The van der Waals surface area contributed by atoms with Gasteiger partial charge in [0.05, 0.1) is 0 Å². The van der Waals surface area contributed by atoms with Gasteiger partial charge < -0.3 is 11.1 Å². The molecule has 1 amide bonds. The number of nitrogens with one attached hydrogen (secondary N) is 1. The Balaban J connectivity index is 1.58. The molecule has 2 aromatic rings. The van der Waals surface area contributed by atoms with Gasteiger partial charge in [0.25, 0.3) is 0 Å². The molecule has 6 nitrogen and oxygen atoms in total. The van der Waals surface area contributed by atoms with Gasteiger partial charge in [-0.05, 0) is 25.5 Å². The molecule has 0 aliphatic heterocycles. The van der Waals surface area contributed by atoms with E-state index >= 15 is 0 Å². The normalized spacial score (nSPS) is 19.7. The van der Waals surface area contributed by atoms with Crippen LogP contribution in [-0.2, 0) is 11.3 Å². The summed E-state index contributed by atoms with van der Waals surface area (Å²) in [5, 5.41) is 3.22. The molecule has 1 saturated carbocycles. The molecule has 114 valence electrons. The Hall–Kier alpha value is -2.21. The molecular weight excluding hydrogens is 302 g/mol. The van der Waals surface area contributed by atoms with Crippen LogP contribution in [0.4, 0.5) is 5.69 Å². The van der Waals surface area contributed by atoms with Crippen LogP contribution in [0, 0.1) is 12.8 Å². The lowest BCUT2D eigenvalue weighted by Crippen LogP contribution is -2.25. The predicted octanol–water partition coefficient (Wildman–Crippen LogP) is 1.84. The van der Waals surface area contributed by atoms with Crippen LogP contribution in [0.25, 0.3) is 0 Å². The number of hydrogen-bond acceptors (Lipinski definition) is 5. The van der Waals surface area contributed by atoms with Crippen molar-refractivity contribution in [1.82, 2.24) is 20.3 Å². The minimum absolute atomic E-state index is 0.00976. The lowest BCUT2D eigenvalue weighted by Gasteiger charge is -2.07. The molecule has 1 fully saturated rings. The fourth-order valence-corrected chi connectivity index (χ4v) is 2.52. The Bertz CT molecular complexity index is 721. The van der Waals surface area contributed by atoms with E-state index in [4.69, 9.17) is 17.3 Å². The van der Waals surface area contributed by atoms with E-state index in [-0.39, 0.29) is 17.7 Å². The van der Waals surface area contributed by atoms with Crippen molar-refractivity contribution in [2.45, 2.75) is 25.8 Å². The molecule has 0 unspecified atom stereocenters. The van der Waals surface area contributed by atoms with Gasteiger partial charge in [0, 0.05) is 47.7 Å². The summed E-state index contributed by atoms with van der Waals surface area (Å²) in [6.07, 6.45) is 4.08. The average Bonchev–Trinajstić information content (AvgIpc) is 3.26. The molecule has 0 radical (unpaired) electrons. The third kappa shape index (κ3) is 3.17. The standard InChI is InChI=1S/C15H16ClN5O/c1-8-2-3-18-14(21-8)10-4-11(10)15(22)20-7-9-6-19-13(16)5-12(9)17/h2-3,5-6,10-11H,4,7H2,1H3,(H2,17,19)(H,20,22)/t10-,11-/m0/s1. The summed E-state index contributed by atoms with van der Waals surface area (Å²) in [5.41, 5.74) is 8.03. The first-order valence-corrected chi connectivity index (χ1v) is 7.39. The second-order valence-corrected chi connectivity index (χ2v) is 5.82. The van der Waals surface area contributed by atoms with E-state index in [1.54, 1.807) is 18.5 Å². The van der Waals surface area contributed by atoms with Crippen LogP contribution in [0.15, 0.2) is 24.5 Å². The highest BCUT2D eigenvalue weighted by Gasteiger charge is 2.45. The first-order chi connectivity index (χ1) is 10.5. The molecule has 3 N–H and O–H groups in total. The molecule has 0 bridgehead atoms. The van der Waals surface area contributed by atoms with Crippen LogP contribution in [0.3, 0.4) is 0 Å². The molecule has 2 atom stereocenters. The lowest BCUT2D eigenvalue weighted by atomic mass is 10.2. The van der Waals surface area contributed by atoms with Crippen LogP contribution in [0.5, 0.6) is 0 Å². The molecular formula is C15H16ClN5O. The maximum Gasteiger partial charge on any atom is 0.224 e. The number of aromatic nitrogens is 3. The van der Waals surface area contributed by atoms with Crippen LogP contribution < -0.4 is 11.1 Å². The van der Waals surface area contributed by atoms with Crippen molar-refractivity contribution in [3.8, 4) is 0 Å². The van der Waals surface area contributed by atoms with E-state index in [1.807, 2.05) is 13.0 Å². The van der Waals surface area contributed by atoms with Crippen LogP contribution in [-0.4, -0.2) is 20.9 Å². The van der Waals surface area contributed by atoms with Crippen molar-refractivity contribution >= 4 is 23.2 Å². The zero-order valence-corrected chi connectivity index (χ0v) is 12.8. The average molecular weight is 318 g/mol. The number of nitrogens with two attached hydrogens (primary N) is 1. The highest BCUT2D eigenvalue weighted by atomic mass is 35.5. The topological polar surface area (TPSA) is 93.8 Å². The minimum Gasteiger partial charge on any atom is -0.398 e. The van der Waals surface area contributed by atoms with Crippen molar-refractivity contribution < 1.29 is 4.79 Å². The molecule has 22 heavy (non-hydrogen) atoms. The van der Waals surface area contributed by atoms with E-state index in [2.05, 4.69) is 20.3 Å². The number of carbonyl (C=O) groups excluding carboxylic acids is 1. The monoisotopic (exact) mass is 317 g/mol. The Kier molecular flexibility index (Phi) is 3.94. The molecule has 1 aliphatic rings. The van der Waals surface area contributed by atoms with Crippen LogP contribution in [0.1, 0.15) is 29.4 Å². The fourth-order valence-electron chi connectivity index (χ4n) is 2.35. The number of amides is 1. The second-order valence-electron chi connectivity index (χ2n) is 5.43. The van der Waals surface area contributed by atoms with Gasteiger partial charge in [0.1, 0.15) is 11.0 Å². The van der Waals surface area contributed by atoms with Gasteiger partial charge in [-0.1, -0.05) is 11.6 Å². The van der Waals surface area contributed by atoms with Gasteiger partial charge in [-0.3, -0.25) is 4.79 Å². The van der Waals surface area contributed by atoms with Gasteiger partial charge in [-0.25, -0.2) is 15.0 Å². The number of carbonyl (C=O) groups is 1. The van der Waals surface area contributed by atoms with Gasteiger partial charge in [0.15, 0.2) is 0 Å². The first-order valence-electron chi connectivity index (χ1n) is 7.01. The smallest absolute Gasteiger partial charge is 0.224 e. The molecule has 7 heteroatoms. The molecule has 3 rings (SSSR count). The number of anilines is 1. The van der Waals surface area contributed by atoms with Crippen molar-refractivity contribution in [1.29, 1.82) is 0 Å². The van der Waals surface area contributed by atoms with E-state index in [0.29, 0.717) is 17.4 Å². The molecule has 0 aromatic carbocycles. The zero-order chi connectivity index (χ0) is 15.7. The Labute approximate surface area is 133 Å². The number of nitrogen functional groups attached to an aromatic ring is 1. The summed E-state index contributed by atoms with van der Waals surface area (Å²) in [6, 6.07) is 3.42. The van der Waals surface area contributed by atoms with Crippen LogP contribution in [0.2, 0.25) is 5.15 Å². The number of rotatable bonds is 4. The maximum absolute atomic E-state index is 12.2. The minimum atomic E-state index is -0.0664. The lowest BCUT2D eigenvalue weighted by molar-refractivity contribution is -0.122. The van der Waals surface area contributed by atoms with E-state index in [9.17, 15) is 4.79 Å². The summed E-state index contributed by atoms with van der Waals surface area (Å²) in [7, 11) is 0. The quantitative estimate of drug-likeness (QED) is 0.839. The largest absolute Gasteiger partial charge is 0.398 e. The summed E-state index contributed by atoms with van der Waals surface area (Å²) < 4.78 is 0. The van der Waals surface area contributed by atoms with E-state index in [0.717, 1.165) is 23.5 Å². The van der Waals surface area contributed by atoms with Crippen molar-refractivity contribution in [3.05, 3.63) is 46.8 Å². The zero-order valence-electron chi connectivity index (χ0n) is 12.1. The molecule has 0 saturated heterocycles. The number of pyridine rings is 1. The molecule has 0 spiro atoms. The van der Waals surface area contributed by atoms with Gasteiger partial charge in [-0.15, -0.1) is 0 Å². The first kappa shape index (κ1) is 14.7. The summed E-state index contributed by atoms with van der Waals surface area (Å²) >= 11 is 5.75. The molecule has 1 aliphatic carbocycles. The third-order valence-electron chi connectivity index (χ3n) is 3.71. The number of halogens is 1. The van der Waals surface area contributed by atoms with Crippen LogP contribution >= 0.6 is 11.6 Å². The van der Waals surface area contributed by atoms with Gasteiger partial charge in [0.2, 0.25) is 5.91 Å². The second kappa shape index (κ2) is 5.88. The summed E-state index contributed by atoms with van der Waals surface area (Å²) in [5.74, 6) is 0.779. The highest BCUT2D eigenvalue weighted by molar-refractivity contribution is 6.29. The SMILES string of the molecule is Cc1ccnc([C@H]2C[C@@H]2C(=O)NCc2cnc(Cl)cc2N)n1. The van der Waals surface area contributed by atoms with Gasteiger partial charge >= 0.3 is 0 Å². The number of hydrogen-bond donors (Lipinski definition) is 2. The van der Waals surface area contributed by atoms with Crippen molar-refractivity contribution in [2.24, 2.45) is 5.92 Å². The maximum atomic E-state index is 12.2. The highest BCUT2D eigenvalue weighted by Crippen LogP contribution is 2.46. The van der Waals surface area contributed by atoms with Crippen molar-refractivity contribution in [3.63, 3.8) is 0 Å². The van der Waals surface area contributed by atoms with Gasteiger partial charge in [-0.2, -0.15) is 0 Å². The fraction of sp³-hybridized carbons (Fsp3) is 0.333. The predicted molar refractivity (Wildman–Crippen MR) is 83.1 cm³/mol. The number of aryl methyl sites for hydroxylation is 1. The Morgan fingerprint density at radius 2 is 2.32 bits per heavy atom. The number of nitrogens with zero attached hydrogens (tertiary/aromatic N) is 3. The molecule has 2 heterocycles. The summed E-state index contributed by atoms with van der Waals surface area (Å²) in [6.45, 7) is 2.26. The Morgan fingerprint density at radius 1 is 1.50 bits per heavy atom.